The summed E-state index contributed by atoms with van der Waals surface area (Å²) in [4.78, 5) is 17.5. The summed E-state index contributed by atoms with van der Waals surface area (Å²) in [7, 11) is 1.35. The number of rotatable bonds is 7. The molecule has 0 spiro atoms. The number of hydrogen-bond acceptors (Lipinski definition) is 5. The Morgan fingerprint density at radius 2 is 1.77 bits per heavy atom. The highest BCUT2D eigenvalue weighted by Gasteiger charge is 2.20. The van der Waals surface area contributed by atoms with Gasteiger partial charge in [-0.1, -0.05) is 18.2 Å². The first-order valence-corrected chi connectivity index (χ1v) is 12.4. The summed E-state index contributed by atoms with van der Waals surface area (Å²) in [6.07, 6.45) is 3.69. The van der Waals surface area contributed by atoms with E-state index in [1.807, 2.05) is 12.1 Å². The van der Waals surface area contributed by atoms with Gasteiger partial charge in [0.1, 0.15) is 4.21 Å². The van der Waals surface area contributed by atoms with Crippen LogP contribution in [0, 0.1) is 0 Å². The van der Waals surface area contributed by atoms with E-state index in [1.54, 1.807) is 24.1 Å². The lowest BCUT2D eigenvalue weighted by Gasteiger charge is -2.31. The van der Waals surface area contributed by atoms with Gasteiger partial charge in [0.05, 0.1) is 6.54 Å². The van der Waals surface area contributed by atoms with Crippen molar-refractivity contribution in [1.82, 2.24) is 14.5 Å². The Balaban J connectivity index is 1.59. The maximum Gasteiger partial charge on any atom is 0.317 e. The molecule has 0 unspecified atom stereocenters. The minimum absolute atomic E-state index is 0.186. The van der Waals surface area contributed by atoms with Gasteiger partial charge in [0.15, 0.2) is 0 Å². The first kappa shape index (κ1) is 22.6. The Labute approximate surface area is 183 Å². The average molecular weight is 451 g/mol. The van der Waals surface area contributed by atoms with E-state index in [2.05, 4.69) is 22.3 Å². The van der Waals surface area contributed by atoms with Gasteiger partial charge in [-0.05, 0) is 43.0 Å². The van der Waals surface area contributed by atoms with Gasteiger partial charge in [0, 0.05) is 51.3 Å². The van der Waals surface area contributed by atoms with Gasteiger partial charge >= 0.3 is 6.03 Å². The number of benzene rings is 1. The topological polar surface area (TPSA) is 73.0 Å². The van der Waals surface area contributed by atoms with Crippen LogP contribution >= 0.6 is 11.3 Å². The van der Waals surface area contributed by atoms with Gasteiger partial charge < -0.3 is 15.1 Å². The minimum atomic E-state index is -3.44. The van der Waals surface area contributed by atoms with Crippen LogP contribution in [-0.2, 0) is 23.1 Å². The Morgan fingerprint density at radius 1 is 1.07 bits per heavy atom. The molecule has 9 heteroatoms. The summed E-state index contributed by atoms with van der Waals surface area (Å²) in [5.74, 6) is 0. The zero-order valence-electron chi connectivity index (χ0n) is 17.8. The van der Waals surface area contributed by atoms with Crippen LogP contribution in [0.2, 0.25) is 0 Å². The third-order valence-electron chi connectivity index (χ3n) is 5.23. The van der Waals surface area contributed by atoms with Crippen molar-refractivity contribution in [1.29, 1.82) is 0 Å². The van der Waals surface area contributed by atoms with Gasteiger partial charge in [-0.2, -0.15) is 0 Å². The quantitative estimate of drug-likeness (QED) is 0.702. The molecule has 2 aromatic rings. The van der Waals surface area contributed by atoms with E-state index in [9.17, 15) is 13.2 Å². The molecule has 0 radical (unpaired) electrons. The fourth-order valence-corrected chi connectivity index (χ4v) is 5.95. The molecule has 1 fully saturated rings. The smallest absolute Gasteiger partial charge is 0.317 e. The Bertz CT molecular complexity index is 966. The van der Waals surface area contributed by atoms with E-state index < -0.39 is 10.0 Å². The Kier molecular flexibility index (Phi) is 7.38. The molecular weight excluding hydrogens is 420 g/mol. The lowest BCUT2D eigenvalue weighted by molar-refractivity contribution is 0.206. The lowest BCUT2D eigenvalue weighted by atomic mass is 10.1. The van der Waals surface area contributed by atoms with Crippen LogP contribution in [0.1, 0.15) is 29.7 Å². The predicted molar refractivity (Wildman–Crippen MR) is 121 cm³/mol. The highest BCUT2D eigenvalue weighted by Crippen LogP contribution is 2.26. The van der Waals surface area contributed by atoms with E-state index >= 15 is 0 Å². The van der Waals surface area contributed by atoms with Crippen molar-refractivity contribution in [3.05, 3.63) is 46.8 Å². The largest absolute Gasteiger partial charge is 0.371 e. The minimum Gasteiger partial charge on any atom is -0.371 e. The molecule has 1 aromatic carbocycles. The molecule has 2 amide bonds. The third kappa shape index (κ3) is 5.33. The molecule has 1 saturated heterocycles. The van der Waals surface area contributed by atoms with E-state index in [4.69, 9.17) is 0 Å². The van der Waals surface area contributed by atoms with Crippen LogP contribution in [0.25, 0.3) is 0 Å². The zero-order chi connectivity index (χ0) is 21.7. The summed E-state index contributed by atoms with van der Waals surface area (Å²) >= 11 is 1.18. The number of amides is 2. The van der Waals surface area contributed by atoms with Crippen molar-refractivity contribution in [2.75, 3.05) is 39.1 Å². The van der Waals surface area contributed by atoms with Crippen LogP contribution in [0.4, 0.5) is 10.5 Å². The predicted octanol–water partition coefficient (Wildman–Crippen LogP) is 3.33. The second-order valence-corrected chi connectivity index (χ2v) is 11.2. The number of carbonyl (C=O) groups is 1. The number of nitrogens with one attached hydrogen (secondary N) is 1. The van der Waals surface area contributed by atoms with Crippen molar-refractivity contribution in [3.63, 3.8) is 0 Å². The van der Waals surface area contributed by atoms with Crippen molar-refractivity contribution in [2.24, 2.45) is 0 Å². The molecule has 1 aliphatic rings. The molecule has 164 valence electrons. The first-order chi connectivity index (χ1) is 14.3. The number of thiophene rings is 1. The molecule has 1 aliphatic heterocycles. The third-order valence-corrected chi connectivity index (χ3v) is 8.60. The summed E-state index contributed by atoms with van der Waals surface area (Å²) < 4.78 is 25.9. The van der Waals surface area contributed by atoms with E-state index in [0.717, 1.165) is 23.5 Å². The molecule has 3 rings (SSSR count). The first-order valence-electron chi connectivity index (χ1n) is 10.1. The summed E-state index contributed by atoms with van der Waals surface area (Å²) in [6.45, 7) is 2.93. The van der Waals surface area contributed by atoms with Crippen LogP contribution in [-0.4, -0.2) is 57.9 Å². The molecule has 7 nitrogen and oxygen atoms in total. The molecule has 30 heavy (non-hydrogen) atoms. The molecule has 0 saturated carbocycles. The van der Waals surface area contributed by atoms with Crippen LogP contribution < -0.4 is 10.2 Å². The Hall–Kier alpha value is -2.10. The summed E-state index contributed by atoms with van der Waals surface area (Å²) in [5.41, 5.74) is 2.33. The number of piperidine rings is 1. The van der Waals surface area contributed by atoms with Crippen LogP contribution in [0.15, 0.2) is 40.6 Å². The van der Waals surface area contributed by atoms with Crippen molar-refractivity contribution < 1.29 is 13.2 Å². The molecule has 0 atom stereocenters. The number of nitrogens with zero attached hydrogens (tertiary/aromatic N) is 3. The van der Waals surface area contributed by atoms with Crippen molar-refractivity contribution in [3.8, 4) is 0 Å². The molecule has 1 N–H and O–H groups in total. The standard InChI is InChI=1S/C21H30N4O3S2/c1-23(2)30(27,28)20-12-11-18(29-20)15-22-21(26)24(3)16-17-9-5-6-10-19(17)25-13-7-4-8-14-25/h5-6,9-12H,4,7-8,13-16H2,1-3H3,(H,22,26). The fourth-order valence-electron chi connectivity index (χ4n) is 3.48. The number of anilines is 1. The van der Waals surface area contributed by atoms with Crippen molar-refractivity contribution >= 4 is 33.1 Å². The molecule has 2 heterocycles. The number of para-hydroxylation sites is 1. The van der Waals surface area contributed by atoms with Gasteiger partial charge in [-0.15, -0.1) is 11.3 Å². The second-order valence-electron chi connectivity index (χ2n) is 7.70. The van der Waals surface area contributed by atoms with Gasteiger partial charge in [0.25, 0.3) is 10.0 Å². The Morgan fingerprint density at radius 3 is 2.47 bits per heavy atom. The SMILES string of the molecule is CN(Cc1ccccc1N1CCCCC1)C(=O)NCc1ccc(S(=O)(=O)N(C)C)s1. The monoisotopic (exact) mass is 450 g/mol. The molecule has 1 aromatic heterocycles. The van der Waals surface area contributed by atoms with Gasteiger partial charge in [0.2, 0.25) is 0 Å². The highest BCUT2D eigenvalue weighted by molar-refractivity contribution is 7.91. The number of urea groups is 1. The number of carbonyl (C=O) groups excluding carboxylic acids is 1. The summed E-state index contributed by atoms with van der Waals surface area (Å²) in [6, 6.07) is 11.4. The fraction of sp³-hybridized carbons (Fsp3) is 0.476. The summed E-state index contributed by atoms with van der Waals surface area (Å²) in [5, 5.41) is 2.89. The molecule has 0 bridgehead atoms. The van der Waals surface area contributed by atoms with E-state index in [1.165, 1.54) is 54.7 Å². The second kappa shape index (κ2) is 9.80. The number of sulfonamides is 1. The molecular formula is C21H30N4O3S2. The maximum atomic E-state index is 12.6. The van der Waals surface area contributed by atoms with Gasteiger partial charge in [-0.25, -0.2) is 17.5 Å². The van der Waals surface area contributed by atoms with Crippen LogP contribution in [0.3, 0.4) is 0 Å². The maximum absolute atomic E-state index is 12.6. The van der Waals surface area contributed by atoms with Gasteiger partial charge in [-0.3, -0.25) is 0 Å². The normalized spacial score (nSPS) is 14.7. The molecule has 0 aliphatic carbocycles. The van der Waals surface area contributed by atoms with E-state index in [-0.39, 0.29) is 10.2 Å². The highest BCUT2D eigenvalue weighted by atomic mass is 32.2. The average Bonchev–Trinajstić information content (AvgIpc) is 3.23. The van der Waals surface area contributed by atoms with E-state index in [0.29, 0.717) is 13.1 Å². The van der Waals surface area contributed by atoms with Crippen molar-refractivity contribution in [2.45, 2.75) is 36.6 Å². The zero-order valence-corrected chi connectivity index (χ0v) is 19.4. The number of hydrogen-bond donors (Lipinski definition) is 1. The lowest BCUT2D eigenvalue weighted by Crippen LogP contribution is -2.37. The van der Waals surface area contributed by atoms with Crippen LogP contribution in [0.5, 0.6) is 0 Å².